The van der Waals surface area contributed by atoms with Crippen molar-refractivity contribution in [2.75, 3.05) is 13.1 Å². The van der Waals surface area contributed by atoms with Crippen molar-refractivity contribution in [3.8, 4) is 0 Å². The van der Waals surface area contributed by atoms with Gasteiger partial charge in [0.2, 0.25) is 5.91 Å². The van der Waals surface area contributed by atoms with Gasteiger partial charge in [0, 0.05) is 19.0 Å². The molecule has 1 amide bonds. The van der Waals surface area contributed by atoms with Gasteiger partial charge in [0.05, 0.1) is 6.04 Å². The van der Waals surface area contributed by atoms with Gasteiger partial charge in [0.1, 0.15) is 17.5 Å². The monoisotopic (exact) mass is 342 g/mol. The Balaban J connectivity index is 1.45. The number of hydrogen-bond donors (Lipinski definition) is 0. The summed E-state index contributed by atoms with van der Waals surface area (Å²) in [5.41, 5.74) is 0.678. The second-order valence-electron chi connectivity index (χ2n) is 7.20. The fourth-order valence-corrected chi connectivity index (χ4v) is 4.06. The van der Waals surface area contributed by atoms with Crippen molar-refractivity contribution in [3.63, 3.8) is 0 Å². The fourth-order valence-electron chi connectivity index (χ4n) is 4.06. The van der Waals surface area contributed by atoms with Crippen LogP contribution in [0, 0.1) is 25.6 Å². The lowest BCUT2D eigenvalue weighted by Gasteiger charge is -2.33. The van der Waals surface area contributed by atoms with E-state index in [1.807, 2.05) is 29.5 Å². The summed E-state index contributed by atoms with van der Waals surface area (Å²) in [4.78, 5) is 19.2. The maximum atomic E-state index is 13.9. The van der Waals surface area contributed by atoms with E-state index in [2.05, 4.69) is 10.1 Å². The maximum absolute atomic E-state index is 13.9. The normalized spacial score (nSPS) is 25.9. The Kier molecular flexibility index (Phi) is 4.06. The Morgan fingerprint density at radius 1 is 1.28 bits per heavy atom. The molecule has 1 saturated carbocycles. The number of hydrogen-bond acceptors (Lipinski definition) is 3. The highest BCUT2D eigenvalue weighted by Crippen LogP contribution is 2.49. The fraction of sp³-hybridized carbons (Fsp3) is 0.526. The van der Waals surface area contributed by atoms with Crippen LogP contribution in [-0.4, -0.2) is 38.7 Å². The molecule has 3 atom stereocenters. The molecule has 132 valence electrons. The smallest absolute Gasteiger partial charge is 0.226 e. The summed E-state index contributed by atoms with van der Waals surface area (Å²) in [6.45, 7) is 5.29. The van der Waals surface area contributed by atoms with Crippen molar-refractivity contribution in [1.82, 2.24) is 19.7 Å². The van der Waals surface area contributed by atoms with Crippen LogP contribution in [-0.2, 0) is 4.79 Å². The Morgan fingerprint density at radius 2 is 2.08 bits per heavy atom. The van der Waals surface area contributed by atoms with Gasteiger partial charge < -0.3 is 4.90 Å². The molecule has 1 aromatic heterocycles. The number of amides is 1. The first-order valence-corrected chi connectivity index (χ1v) is 8.97. The van der Waals surface area contributed by atoms with E-state index in [0.717, 1.165) is 37.5 Å². The summed E-state index contributed by atoms with van der Waals surface area (Å²) in [5, 5.41) is 4.48. The van der Waals surface area contributed by atoms with Crippen LogP contribution in [0.3, 0.4) is 0 Å². The molecule has 0 spiro atoms. The summed E-state index contributed by atoms with van der Waals surface area (Å²) in [5.74, 6) is 1.58. The molecule has 0 radical (unpaired) electrons. The van der Waals surface area contributed by atoms with Crippen molar-refractivity contribution >= 4 is 5.91 Å². The van der Waals surface area contributed by atoms with Crippen molar-refractivity contribution in [1.29, 1.82) is 0 Å². The quantitative estimate of drug-likeness (QED) is 0.862. The zero-order chi connectivity index (χ0) is 17.6. The Hall–Kier alpha value is -2.24. The minimum Gasteiger partial charge on any atom is -0.340 e. The van der Waals surface area contributed by atoms with Gasteiger partial charge >= 0.3 is 0 Å². The second-order valence-corrected chi connectivity index (χ2v) is 7.20. The SMILES string of the molecule is Cc1nc(C)n([C@@H]2CCCN(C(=O)[C@H]3C[C@H]3c3ccccc3F)C2)n1. The second kappa shape index (κ2) is 6.24. The van der Waals surface area contributed by atoms with Crippen molar-refractivity contribution in [2.24, 2.45) is 5.92 Å². The number of rotatable bonds is 3. The number of halogens is 1. The first-order valence-electron chi connectivity index (χ1n) is 8.97. The van der Waals surface area contributed by atoms with E-state index in [9.17, 15) is 9.18 Å². The van der Waals surface area contributed by atoms with Gasteiger partial charge in [-0.1, -0.05) is 18.2 Å². The Morgan fingerprint density at radius 3 is 2.80 bits per heavy atom. The van der Waals surface area contributed by atoms with Crippen LogP contribution in [0.4, 0.5) is 4.39 Å². The average Bonchev–Trinajstić information content (AvgIpc) is 3.32. The number of piperidine rings is 1. The Bertz CT molecular complexity index is 802. The van der Waals surface area contributed by atoms with Gasteiger partial charge in [0.15, 0.2) is 0 Å². The molecule has 1 saturated heterocycles. The lowest BCUT2D eigenvalue weighted by molar-refractivity contribution is -0.134. The zero-order valence-electron chi connectivity index (χ0n) is 14.7. The summed E-state index contributed by atoms with van der Waals surface area (Å²) in [7, 11) is 0. The van der Waals surface area contributed by atoms with Crippen LogP contribution in [0.5, 0.6) is 0 Å². The summed E-state index contributed by atoms with van der Waals surface area (Å²) >= 11 is 0. The highest BCUT2D eigenvalue weighted by atomic mass is 19.1. The van der Waals surface area contributed by atoms with Crippen LogP contribution in [0.15, 0.2) is 24.3 Å². The molecule has 4 rings (SSSR count). The zero-order valence-corrected chi connectivity index (χ0v) is 14.7. The van der Waals surface area contributed by atoms with E-state index >= 15 is 0 Å². The molecule has 0 bridgehead atoms. The molecule has 2 fully saturated rings. The van der Waals surface area contributed by atoms with E-state index in [0.29, 0.717) is 12.1 Å². The van der Waals surface area contributed by atoms with E-state index in [1.54, 1.807) is 12.1 Å². The molecule has 25 heavy (non-hydrogen) atoms. The van der Waals surface area contributed by atoms with Crippen molar-refractivity contribution in [3.05, 3.63) is 47.3 Å². The number of nitrogens with zero attached hydrogens (tertiary/aromatic N) is 4. The number of benzene rings is 1. The largest absolute Gasteiger partial charge is 0.340 e. The lowest BCUT2D eigenvalue weighted by Crippen LogP contribution is -2.42. The number of aryl methyl sites for hydroxylation is 2. The number of aromatic nitrogens is 3. The van der Waals surface area contributed by atoms with Gasteiger partial charge in [-0.2, -0.15) is 5.10 Å². The van der Waals surface area contributed by atoms with Gasteiger partial charge in [-0.15, -0.1) is 0 Å². The highest BCUT2D eigenvalue weighted by Gasteiger charge is 2.47. The van der Waals surface area contributed by atoms with Gasteiger partial charge in [-0.3, -0.25) is 4.79 Å². The minimum atomic E-state index is -0.201. The first-order chi connectivity index (χ1) is 12.0. The van der Waals surface area contributed by atoms with Crippen molar-refractivity contribution < 1.29 is 9.18 Å². The molecule has 2 heterocycles. The predicted octanol–water partition coefficient (Wildman–Crippen LogP) is 3.00. The van der Waals surface area contributed by atoms with Crippen LogP contribution >= 0.6 is 0 Å². The molecule has 0 unspecified atom stereocenters. The minimum absolute atomic E-state index is 0.0319. The standard InChI is InChI=1S/C19H23FN4O/c1-12-21-13(2)24(22-12)14-6-5-9-23(11-14)19(25)17-10-16(17)15-7-3-4-8-18(15)20/h3-4,7-8,14,16-17H,5-6,9-11H2,1-2H3/t14-,16+,17+/m1/s1. The van der Waals surface area contributed by atoms with Crippen molar-refractivity contribution in [2.45, 2.75) is 45.1 Å². The lowest BCUT2D eigenvalue weighted by atomic mass is 10.0. The van der Waals surface area contributed by atoms with E-state index in [-0.39, 0.29) is 29.6 Å². The molecule has 1 aliphatic carbocycles. The molecular formula is C19H23FN4O. The molecule has 5 nitrogen and oxygen atoms in total. The van der Waals surface area contributed by atoms with Crippen LogP contribution in [0.1, 0.15) is 48.4 Å². The topological polar surface area (TPSA) is 51.0 Å². The van der Waals surface area contributed by atoms with Crippen LogP contribution in [0.25, 0.3) is 0 Å². The first kappa shape index (κ1) is 16.2. The highest BCUT2D eigenvalue weighted by molar-refractivity contribution is 5.83. The average molecular weight is 342 g/mol. The van der Waals surface area contributed by atoms with E-state index in [4.69, 9.17) is 0 Å². The third kappa shape index (κ3) is 3.05. The third-order valence-corrected chi connectivity index (χ3v) is 5.37. The number of carbonyl (C=O) groups excluding carboxylic acids is 1. The summed E-state index contributed by atoms with van der Waals surface area (Å²) < 4.78 is 15.9. The summed E-state index contributed by atoms with van der Waals surface area (Å²) in [6.07, 6.45) is 2.73. The molecule has 2 aromatic rings. The third-order valence-electron chi connectivity index (χ3n) is 5.37. The maximum Gasteiger partial charge on any atom is 0.226 e. The molecular weight excluding hydrogens is 319 g/mol. The van der Waals surface area contributed by atoms with Gasteiger partial charge in [-0.05, 0) is 50.7 Å². The Labute approximate surface area is 146 Å². The molecule has 0 N–H and O–H groups in total. The molecule has 1 aromatic carbocycles. The molecule has 1 aliphatic heterocycles. The van der Waals surface area contributed by atoms with Crippen LogP contribution in [0.2, 0.25) is 0 Å². The summed E-state index contributed by atoms with van der Waals surface area (Å²) in [6, 6.07) is 6.99. The number of likely N-dealkylation sites (tertiary alicyclic amines) is 1. The van der Waals surface area contributed by atoms with E-state index in [1.165, 1.54) is 6.07 Å². The van der Waals surface area contributed by atoms with Gasteiger partial charge in [0.25, 0.3) is 0 Å². The van der Waals surface area contributed by atoms with Crippen LogP contribution < -0.4 is 0 Å². The molecule has 2 aliphatic rings. The number of carbonyl (C=O) groups is 1. The van der Waals surface area contributed by atoms with E-state index < -0.39 is 0 Å². The van der Waals surface area contributed by atoms with Gasteiger partial charge in [-0.25, -0.2) is 14.1 Å². The predicted molar refractivity (Wildman–Crippen MR) is 91.6 cm³/mol. The molecule has 6 heteroatoms.